The minimum atomic E-state index is 0.597. The summed E-state index contributed by atoms with van der Waals surface area (Å²) in [6.45, 7) is 5.78. The number of hydrogen-bond donors (Lipinski definition) is 1. The van der Waals surface area contributed by atoms with Crippen molar-refractivity contribution in [1.29, 1.82) is 0 Å². The van der Waals surface area contributed by atoms with Gasteiger partial charge in [0.1, 0.15) is 5.00 Å². The van der Waals surface area contributed by atoms with Gasteiger partial charge in [0.15, 0.2) is 5.82 Å². The van der Waals surface area contributed by atoms with Gasteiger partial charge < -0.3 is 10.6 Å². The van der Waals surface area contributed by atoms with Gasteiger partial charge in [-0.05, 0) is 43.5 Å². The van der Waals surface area contributed by atoms with Crippen LogP contribution in [0.5, 0.6) is 0 Å². The molecule has 2 heterocycles. The lowest BCUT2D eigenvalue weighted by Crippen LogP contribution is -2.42. The van der Waals surface area contributed by atoms with Crippen molar-refractivity contribution in [2.75, 3.05) is 23.4 Å². The second kappa shape index (κ2) is 4.84. The normalized spacial score (nSPS) is 26.1. The van der Waals surface area contributed by atoms with E-state index in [1.165, 1.54) is 17.8 Å². The molecule has 3 nitrogen and oxygen atoms in total. The number of aromatic nitrogens is 1. The predicted octanol–water partition coefficient (Wildman–Crippen LogP) is 3.07. The average Bonchev–Trinajstić information content (AvgIpc) is 2.63. The molecule has 0 saturated carbocycles. The van der Waals surface area contributed by atoms with Crippen LogP contribution >= 0.6 is 23.3 Å². The van der Waals surface area contributed by atoms with Crippen LogP contribution in [-0.4, -0.2) is 23.2 Å². The maximum absolute atomic E-state index is 5.89. The van der Waals surface area contributed by atoms with Gasteiger partial charge in [0, 0.05) is 12.6 Å². The second-order valence-corrected chi connectivity index (χ2v) is 6.03. The number of hydrogen-bond acceptors (Lipinski definition) is 5. The van der Waals surface area contributed by atoms with Crippen molar-refractivity contribution in [1.82, 2.24) is 4.37 Å². The van der Waals surface area contributed by atoms with Crippen molar-refractivity contribution in [2.45, 2.75) is 37.6 Å². The van der Waals surface area contributed by atoms with E-state index in [2.05, 4.69) is 29.4 Å². The summed E-state index contributed by atoms with van der Waals surface area (Å²) in [5.74, 6) is 1.45. The van der Waals surface area contributed by atoms with Gasteiger partial charge in [0.2, 0.25) is 0 Å². The van der Waals surface area contributed by atoms with Crippen molar-refractivity contribution in [3.8, 4) is 0 Å². The minimum Gasteiger partial charge on any atom is -0.382 e. The number of thioether (sulfide) groups is 1. The molecule has 0 radical (unpaired) electrons. The summed E-state index contributed by atoms with van der Waals surface area (Å²) in [5, 5.41) is 1.27. The summed E-state index contributed by atoms with van der Waals surface area (Å²) in [6, 6.07) is 0.597. The van der Waals surface area contributed by atoms with E-state index >= 15 is 0 Å². The van der Waals surface area contributed by atoms with E-state index in [0.717, 1.165) is 17.4 Å². The fourth-order valence-corrected chi connectivity index (χ4v) is 4.07. The number of nitrogens with two attached hydrogens (primary N) is 1. The Bertz CT molecular complexity index is 364. The Kier molecular flexibility index (Phi) is 3.64. The van der Waals surface area contributed by atoms with Crippen molar-refractivity contribution in [3.05, 3.63) is 0 Å². The Hall–Kier alpha value is -0.420. The molecule has 1 saturated heterocycles. The average molecular weight is 257 g/mol. The molecule has 90 valence electrons. The third-order valence-corrected chi connectivity index (χ3v) is 5.34. The molecule has 5 heteroatoms. The molecule has 1 fully saturated rings. The Labute approximate surface area is 106 Å². The fourth-order valence-electron chi connectivity index (χ4n) is 2.28. The molecular formula is C11H19N3S2. The van der Waals surface area contributed by atoms with Crippen molar-refractivity contribution >= 4 is 34.1 Å². The van der Waals surface area contributed by atoms with Crippen molar-refractivity contribution in [2.24, 2.45) is 5.92 Å². The number of nitrogen functional groups attached to an aromatic ring is 1. The van der Waals surface area contributed by atoms with Crippen LogP contribution in [0.3, 0.4) is 0 Å². The van der Waals surface area contributed by atoms with Crippen LogP contribution in [0.2, 0.25) is 0 Å². The molecular weight excluding hydrogens is 238 g/mol. The zero-order chi connectivity index (χ0) is 11.7. The molecule has 2 rings (SSSR count). The maximum atomic E-state index is 5.89. The molecule has 1 aliphatic rings. The predicted molar refractivity (Wildman–Crippen MR) is 73.5 cm³/mol. The van der Waals surface area contributed by atoms with Crippen LogP contribution in [-0.2, 0) is 0 Å². The first-order valence-electron chi connectivity index (χ1n) is 5.71. The first-order valence-corrected chi connectivity index (χ1v) is 7.70. The van der Waals surface area contributed by atoms with Crippen LogP contribution < -0.4 is 10.6 Å². The Morgan fingerprint density at radius 2 is 2.25 bits per heavy atom. The van der Waals surface area contributed by atoms with Crippen LogP contribution in [0.25, 0.3) is 0 Å². The number of nitrogens with zero attached hydrogens (tertiary/aromatic N) is 2. The van der Waals surface area contributed by atoms with E-state index < -0.39 is 0 Å². The highest BCUT2D eigenvalue weighted by Gasteiger charge is 2.28. The molecule has 0 aliphatic carbocycles. The van der Waals surface area contributed by atoms with E-state index in [0.29, 0.717) is 11.9 Å². The highest BCUT2D eigenvalue weighted by atomic mass is 32.2. The molecule has 0 amide bonds. The zero-order valence-electron chi connectivity index (χ0n) is 10.1. The lowest BCUT2D eigenvalue weighted by molar-refractivity contribution is 0.364. The molecule has 0 bridgehead atoms. The van der Waals surface area contributed by atoms with Gasteiger partial charge in [-0.1, -0.05) is 6.92 Å². The van der Waals surface area contributed by atoms with Crippen molar-refractivity contribution in [3.63, 3.8) is 0 Å². The number of rotatable bonds is 2. The Morgan fingerprint density at radius 3 is 2.94 bits per heavy atom. The molecule has 1 aliphatic heterocycles. The first kappa shape index (κ1) is 12.0. The minimum absolute atomic E-state index is 0.597. The monoisotopic (exact) mass is 257 g/mol. The summed E-state index contributed by atoms with van der Waals surface area (Å²) in [7, 11) is 0. The third-order valence-electron chi connectivity index (χ3n) is 3.50. The maximum Gasteiger partial charge on any atom is 0.153 e. The highest BCUT2D eigenvalue weighted by molar-refractivity contribution is 7.99. The number of piperidine rings is 1. The van der Waals surface area contributed by atoms with Crippen LogP contribution in [0.4, 0.5) is 10.8 Å². The first-order chi connectivity index (χ1) is 7.65. The van der Waals surface area contributed by atoms with E-state index in [1.807, 2.05) is 0 Å². The molecule has 2 unspecified atom stereocenters. The van der Waals surface area contributed by atoms with Gasteiger partial charge >= 0.3 is 0 Å². The molecule has 1 aromatic rings. The van der Waals surface area contributed by atoms with Gasteiger partial charge in [-0.25, -0.2) is 0 Å². The lowest BCUT2D eigenvalue weighted by Gasteiger charge is -2.38. The third kappa shape index (κ3) is 2.02. The summed E-state index contributed by atoms with van der Waals surface area (Å²) < 4.78 is 4.28. The largest absolute Gasteiger partial charge is 0.382 e. The van der Waals surface area contributed by atoms with Crippen LogP contribution in [0.1, 0.15) is 26.7 Å². The van der Waals surface area contributed by atoms with E-state index in [4.69, 9.17) is 5.73 Å². The molecule has 1 aromatic heterocycles. The van der Waals surface area contributed by atoms with Gasteiger partial charge in [0.25, 0.3) is 0 Å². The number of anilines is 2. The van der Waals surface area contributed by atoms with Crippen molar-refractivity contribution < 1.29 is 0 Å². The molecule has 0 spiro atoms. The Balaban J connectivity index is 2.28. The molecule has 2 N–H and O–H groups in total. The summed E-state index contributed by atoms with van der Waals surface area (Å²) in [4.78, 5) is 3.64. The van der Waals surface area contributed by atoms with E-state index in [1.54, 1.807) is 23.3 Å². The zero-order valence-corrected chi connectivity index (χ0v) is 11.7. The topological polar surface area (TPSA) is 42.1 Å². The summed E-state index contributed by atoms with van der Waals surface area (Å²) in [5.41, 5.74) is 5.89. The van der Waals surface area contributed by atoms with Gasteiger partial charge in [-0.2, -0.15) is 4.37 Å². The molecule has 2 atom stereocenters. The van der Waals surface area contributed by atoms with Gasteiger partial charge in [0.05, 0.1) is 4.90 Å². The Morgan fingerprint density at radius 1 is 1.50 bits per heavy atom. The molecule has 0 aromatic carbocycles. The molecule has 16 heavy (non-hydrogen) atoms. The summed E-state index contributed by atoms with van der Waals surface area (Å²) >= 11 is 3.25. The standard InChI is InChI=1S/C11H19N3S2/c1-7-5-4-6-14(8(7)2)11-9(15-3)10(12)13-16-11/h7-8H,4-6H2,1-3H3,(H2,12,13). The van der Waals surface area contributed by atoms with Gasteiger partial charge in [-0.15, -0.1) is 11.8 Å². The second-order valence-electron chi connectivity index (χ2n) is 4.46. The smallest absolute Gasteiger partial charge is 0.153 e. The fraction of sp³-hybridized carbons (Fsp3) is 0.727. The highest BCUT2D eigenvalue weighted by Crippen LogP contribution is 2.40. The van der Waals surface area contributed by atoms with E-state index in [9.17, 15) is 0 Å². The van der Waals surface area contributed by atoms with E-state index in [-0.39, 0.29) is 0 Å². The quantitative estimate of drug-likeness (QED) is 0.827. The van der Waals surface area contributed by atoms with Crippen LogP contribution in [0, 0.1) is 5.92 Å². The van der Waals surface area contributed by atoms with Crippen LogP contribution in [0.15, 0.2) is 4.90 Å². The van der Waals surface area contributed by atoms with Gasteiger partial charge in [-0.3, -0.25) is 0 Å². The lowest BCUT2D eigenvalue weighted by atomic mass is 9.92. The SMILES string of the molecule is CSc1c(N)nsc1N1CCCC(C)C1C. The summed E-state index contributed by atoms with van der Waals surface area (Å²) in [6.07, 6.45) is 4.68.